The summed E-state index contributed by atoms with van der Waals surface area (Å²) in [5.41, 5.74) is 3.64. The molecular weight excluding hydrogens is 455 g/mol. The number of carbonyl (C=O) groups is 1. The number of hydrogen-bond acceptors (Lipinski definition) is 5. The van der Waals surface area contributed by atoms with E-state index in [0.29, 0.717) is 36.1 Å². The minimum absolute atomic E-state index is 0.0732. The van der Waals surface area contributed by atoms with Crippen LogP contribution in [0.5, 0.6) is 0 Å². The molecule has 6 rings (SSSR count). The van der Waals surface area contributed by atoms with Crippen molar-refractivity contribution in [3.05, 3.63) is 82.8 Å². The maximum absolute atomic E-state index is 14.3. The maximum Gasteiger partial charge on any atom is 0.229 e. The molecule has 172 valence electrons. The van der Waals surface area contributed by atoms with Crippen LogP contribution >= 0.6 is 11.6 Å². The van der Waals surface area contributed by atoms with Crippen LogP contribution in [0, 0.1) is 11.7 Å². The number of imidazole rings is 1. The van der Waals surface area contributed by atoms with Gasteiger partial charge in [0.1, 0.15) is 29.4 Å². The molecule has 7 nitrogen and oxygen atoms in total. The number of anilines is 2. The Morgan fingerprint density at radius 3 is 2.85 bits per heavy atom. The van der Waals surface area contributed by atoms with E-state index in [9.17, 15) is 9.18 Å². The molecule has 1 amide bonds. The van der Waals surface area contributed by atoms with Crippen LogP contribution in [0.4, 0.5) is 16.0 Å². The first-order chi connectivity index (χ1) is 16.5. The van der Waals surface area contributed by atoms with E-state index >= 15 is 0 Å². The van der Waals surface area contributed by atoms with Crippen LogP contribution in [0.25, 0.3) is 5.65 Å². The number of nitrogens with one attached hydrogen (secondary N) is 2. The SMILES string of the molecule is O=C(Nc1cc(NCc2cn3cc(C4CC4)ccc3n2)ncn1)C1CC1c1cccc(Cl)c1F. The number of rotatable bonds is 7. The van der Waals surface area contributed by atoms with Crippen LogP contribution in [0.3, 0.4) is 0 Å². The van der Waals surface area contributed by atoms with Gasteiger partial charge in [0, 0.05) is 24.4 Å². The summed E-state index contributed by atoms with van der Waals surface area (Å²) in [6.07, 6.45) is 8.67. The number of amides is 1. The molecule has 9 heteroatoms. The van der Waals surface area contributed by atoms with Crippen molar-refractivity contribution >= 4 is 34.8 Å². The maximum atomic E-state index is 14.3. The smallest absolute Gasteiger partial charge is 0.229 e. The molecule has 2 aliphatic rings. The first-order valence-electron chi connectivity index (χ1n) is 11.3. The Balaban J connectivity index is 1.08. The van der Waals surface area contributed by atoms with Crippen molar-refractivity contribution in [1.29, 1.82) is 0 Å². The van der Waals surface area contributed by atoms with E-state index in [1.165, 1.54) is 30.8 Å². The fourth-order valence-corrected chi connectivity index (χ4v) is 4.54. The molecule has 3 heterocycles. The number of carbonyl (C=O) groups excluding carboxylic acids is 1. The van der Waals surface area contributed by atoms with E-state index in [1.807, 2.05) is 6.20 Å². The largest absolute Gasteiger partial charge is 0.364 e. The zero-order valence-electron chi connectivity index (χ0n) is 18.2. The lowest BCUT2D eigenvalue weighted by molar-refractivity contribution is -0.117. The quantitative estimate of drug-likeness (QED) is 0.385. The molecule has 1 aromatic carbocycles. The molecule has 4 aromatic rings. The van der Waals surface area contributed by atoms with Crippen LogP contribution in [-0.2, 0) is 11.3 Å². The Kier molecular flexibility index (Phi) is 5.17. The van der Waals surface area contributed by atoms with Crippen LogP contribution in [0.1, 0.15) is 47.9 Å². The predicted molar refractivity (Wildman–Crippen MR) is 127 cm³/mol. The second-order valence-corrected chi connectivity index (χ2v) is 9.36. The third-order valence-electron chi connectivity index (χ3n) is 6.45. The Morgan fingerprint density at radius 2 is 2.00 bits per heavy atom. The minimum atomic E-state index is -0.450. The zero-order valence-corrected chi connectivity index (χ0v) is 19.0. The number of benzene rings is 1. The molecule has 0 radical (unpaired) electrons. The van der Waals surface area contributed by atoms with E-state index in [4.69, 9.17) is 11.6 Å². The molecule has 0 spiro atoms. The van der Waals surface area contributed by atoms with Gasteiger partial charge in [0.25, 0.3) is 0 Å². The molecule has 2 aliphatic carbocycles. The summed E-state index contributed by atoms with van der Waals surface area (Å²) >= 11 is 5.87. The van der Waals surface area contributed by atoms with E-state index in [0.717, 1.165) is 11.3 Å². The highest BCUT2D eigenvalue weighted by molar-refractivity contribution is 6.30. The second-order valence-electron chi connectivity index (χ2n) is 8.96. The predicted octanol–water partition coefficient (Wildman–Crippen LogP) is 5.15. The van der Waals surface area contributed by atoms with Crippen molar-refractivity contribution in [2.45, 2.75) is 37.6 Å². The highest BCUT2D eigenvalue weighted by atomic mass is 35.5. The summed E-state index contributed by atoms with van der Waals surface area (Å²) in [6.45, 7) is 0.490. The van der Waals surface area contributed by atoms with Crippen LogP contribution in [0.15, 0.2) is 55.1 Å². The first kappa shape index (κ1) is 21.0. The molecule has 0 saturated heterocycles. The number of fused-ring (bicyclic) bond motifs is 1. The summed E-state index contributed by atoms with van der Waals surface area (Å²) in [4.78, 5) is 25.7. The van der Waals surface area contributed by atoms with Crippen molar-refractivity contribution in [1.82, 2.24) is 19.4 Å². The lowest BCUT2D eigenvalue weighted by atomic mass is 10.1. The van der Waals surface area contributed by atoms with Gasteiger partial charge in [-0.15, -0.1) is 0 Å². The fraction of sp³-hybridized carbons (Fsp3) is 0.280. The van der Waals surface area contributed by atoms with Crippen LogP contribution in [0.2, 0.25) is 5.02 Å². The number of nitrogens with zero attached hydrogens (tertiary/aromatic N) is 4. The summed E-state index contributed by atoms with van der Waals surface area (Å²) < 4.78 is 16.3. The molecule has 2 unspecified atom stereocenters. The summed E-state index contributed by atoms with van der Waals surface area (Å²) in [7, 11) is 0. The molecule has 0 aliphatic heterocycles. The molecule has 2 N–H and O–H groups in total. The second kappa shape index (κ2) is 8.36. The topological polar surface area (TPSA) is 84.2 Å². The third kappa shape index (κ3) is 4.21. The lowest BCUT2D eigenvalue weighted by Crippen LogP contribution is -2.16. The summed E-state index contributed by atoms with van der Waals surface area (Å²) in [6, 6.07) is 10.8. The Morgan fingerprint density at radius 1 is 1.15 bits per heavy atom. The van der Waals surface area contributed by atoms with Gasteiger partial charge in [-0.05, 0) is 54.4 Å². The first-order valence-corrected chi connectivity index (χ1v) is 11.7. The average molecular weight is 477 g/mol. The Bertz CT molecular complexity index is 1400. The van der Waals surface area contributed by atoms with Crippen LogP contribution < -0.4 is 10.6 Å². The van der Waals surface area contributed by atoms with Crippen molar-refractivity contribution in [3.63, 3.8) is 0 Å². The zero-order chi connectivity index (χ0) is 23.2. The summed E-state index contributed by atoms with van der Waals surface area (Å²) in [5, 5.41) is 6.12. The Hall–Kier alpha value is -3.52. The highest BCUT2D eigenvalue weighted by Crippen LogP contribution is 2.49. The van der Waals surface area contributed by atoms with Gasteiger partial charge in [-0.25, -0.2) is 19.3 Å². The van der Waals surface area contributed by atoms with Gasteiger partial charge in [-0.1, -0.05) is 29.8 Å². The summed E-state index contributed by atoms with van der Waals surface area (Å²) in [5.74, 6) is 0.539. The van der Waals surface area contributed by atoms with Gasteiger partial charge in [0.2, 0.25) is 5.91 Å². The Labute approximate surface area is 200 Å². The van der Waals surface area contributed by atoms with Crippen molar-refractivity contribution in [3.8, 4) is 0 Å². The average Bonchev–Trinajstić information content (AvgIpc) is 3.76. The molecular formula is C25H22ClFN6O. The van der Waals surface area contributed by atoms with E-state index in [-0.39, 0.29) is 22.8 Å². The number of halogens is 2. The van der Waals surface area contributed by atoms with E-state index in [2.05, 4.69) is 48.3 Å². The molecule has 2 fully saturated rings. The lowest BCUT2D eigenvalue weighted by Gasteiger charge is -2.08. The van der Waals surface area contributed by atoms with Crippen molar-refractivity contribution in [2.24, 2.45) is 5.92 Å². The van der Waals surface area contributed by atoms with Gasteiger partial charge >= 0.3 is 0 Å². The molecule has 2 saturated carbocycles. The van der Waals surface area contributed by atoms with Gasteiger partial charge in [0.15, 0.2) is 0 Å². The number of aromatic nitrogens is 4. The van der Waals surface area contributed by atoms with Crippen molar-refractivity contribution < 1.29 is 9.18 Å². The van der Waals surface area contributed by atoms with E-state index in [1.54, 1.807) is 18.2 Å². The third-order valence-corrected chi connectivity index (χ3v) is 6.74. The molecule has 3 aromatic heterocycles. The van der Waals surface area contributed by atoms with Gasteiger partial charge in [0.05, 0.1) is 17.3 Å². The number of hydrogen-bond donors (Lipinski definition) is 2. The standard InChI is InChI=1S/C25H22ClFN6O/c26-20-3-1-2-17(24(20)27)18-8-19(18)25(34)32-22-9-21(29-13-30-22)28-10-16-12-33-11-15(14-4-5-14)6-7-23(33)31-16/h1-3,6-7,9,11-14,18-19H,4-5,8,10H2,(H2,28,29,30,32,34). The van der Waals surface area contributed by atoms with Gasteiger partial charge in [-0.3, -0.25) is 4.79 Å². The monoisotopic (exact) mass is 476 g/mol. The van der Waals surface area contributed by atoms with Crippen LogP contribution in [-0.4, -0.2) is 25.3 Å². The molecule has 0 bridgehead atoms. The molecule has 2 atom stereocenters. The molecule has 34 heavy (non-hydrogen) atoms. The number of pyridine rings is 1. The highest BCUT2D eigenvalue weighted by Gasteiger charge is 2.45. The van der Waals surface area contributed by atoms with Gasteiger partial charge < -0.3 is 15.0 Å². The minimum Gasteiger partial charge on any atom is -0.364 e. The fourth-order valence-electron chi connectivity index (χ4n) is 4.36. The van der Waals surface area contributed by atoms with Crippen molar-refractivity contribution in [2.75, 3.05) is 10.6 Å². The normalized spacial score (nSPS) is 19.2. The van der Waals surface area contributed by atoms with E-state index < -0.39 is 5.82 Å². The van der Waals surface area contributed by atoms with Gasteiger partial charge in [-0.2, -0.15) is 0 Å².